The van der Waals surface area contributed by atoms with Crippen LogP contribution in [-0.4, -0.2) is 60.6 Å². The zero-order chi connectivity index (χ0) is 25.7. The van der Waals surface area contributed by atoms with Crippen LogP contribution in [0.4, 0.5) is 4.79 Å². The van der Waals surface area contributed by atoms with Crippen molar-refractivity contribution in [2.24, 2.45) is 23.0 Å². The van der Waals surface area contributed by atoms with Crippen LogP contribution in [0.3, 0.4) is 0 Å². The molecule has 4 amide bonds. The molecule has 0 aromatic heterocycles. The summed E-state index contributed by atoms with van der Waals surface area (Å²) in [4.78, 5) is 50.7. The summed E-state index contributed by atoms with van der Waals surface area (Å²) in [5.74, 6) is -0.581. The third-order valence-corrected chi connectivity index (χ3v) is 6.05. The standard InChI is InChI=1S/C24H43N5O5/c1-23(2,3)18(29-22(33)34-24(4,5)6)21(32)28-17(11-14-7-8-14)20(31)27-16(13-25)12-15-9-10-26-19(15)30/h14-18H,7-13,25H2,1-6H3,(H,26,30)(H,27,31)(H,28,32)(H,29,33)/t15-,16-,17-,18+/m0/s1. The first-order valence-corrected chi connectivity index (χ1v) is 12.3. The lowest BCUT2D eigenvalue weighted by Crippen LogP contribution is -2.59. The Bertz CT molecular complexity index is 754. The van der Waals surface area contributed by atoms with E-state index < -0.39 is 35.1 Å². The summed E-state index contributed by atoms with van der Waals surface area (Å²) in [5, 5.41) is 11.2. The first kappa shape index (κ1) is 27.9. The van der Waals surface area contributed by atoms with Gasteiger partial charge in [-0.3, -0.25) is 14.4 Å². The van der Waals surface area contributed by atoms with Crippen LogP contribution < -0.4 is 27.0 Å². The van der Waals surface area contributed by atoms with Crippen LogP contribution in [0, 0.1) is 17.3 Å². The predicted molar refractivity (Wildman–Crippen MR) is 129 cm³/mol. The lowest BCUT2D eigenvalue weighted by atomic mass is 9.86. The molecule has 2 aliphatic rings. The van der Waals surface area contributed by atoms with Crippen molar-refractivity contribution in [1.82, 2.24) is 21.3 Å². The maximum absolute atomic E-state index is 13.2. The van der Waals surface area contributed by atoms with E-state index in [1.807, 2.05) is 20.8 Å². The number of amides is 4. The largest absolute Gasteiger partial charge is 0.444 e. The SMILES string of the molecule is CC(C)(C)OC(=O)N[C@H](C(=O)N[C@@H](CC1CC1)C(=O)N[C@H](CN)C[C@@H]1CCNC1=O)C(C)(C)C. The summed E-state index contributed by atoms with van der Waals surface area (Å²) in [6, 6.07) is -2.01. The number of nitrogens with one attached hydrogen (secondary N) is 4. The third-order valence-electron chi connectivity index (χ3n) is 6.05. The molecule has 0 bridgehead atoms. The normalized spacial score (nSPS) is 21.1. The van der Waals surface area contributed by atoms with Gasteiger partial charge in [-0.25, -0.2) is 4.79 Å². The molecule has 0 aromatic rings. The summed E-state index contributed by atoms with van der Waals surface area (Å²) >= 11 is 0. The first-order chi connectivity index (χ1) is 15.7. The van der Waals surface area contributed by atoms with Gasteiger partial charge in [-0.1, -0.05) is 33.6 Å². The van der Waals surface area contributed by atoms with Crippen molar-refractivity contribution in [1.29, 1.82) is 0 Å². The monoisotopic (exact) mass is 481 g/mol. The number of hydrogen-bond acceptors (Lipinski definition) is 6. The van der Waals surface area contributed by atoms with Crippen LogP contribution in [-0.2, 0) is 19.1 Å². The van der Waals surface area contributed by atoms with Crippen molar-refractivity contribution in [2.75, 3.05) is 13.1 Å². The highest BCUT2D eigenvalue weighted by atomic mass is 16.6. The lowest BCUT2D eigenvalue weighted by Gasteiger charge is -2.33. The Hall–Kier alpha value is -2.36. The maximum atomic E-state index is 13.2. The van der Waals surface area contributed by atoms with E-state index in [9.17, 15) is 19.2 Å². The van der Waals surface area contributed by atoms with Gasteiger partial charge in [0.05, 0.1) is 0 Å². The van der Waals surface area contributed by atoms with E-state index in [1.54, 1.807) is 20.8 Å². The van der Waals surface area contributed by atoms with E-state index in [4.69, 9.17) is 10.5 Å². The van der Waals surface area contributed by atoms with E-state index in [0.29, 0.717) is 25.3 Å². The smallest absolute Gasteiger partial charge is 0.408 e. The number of rotatable bonds is 10. The van der Waals surface area contributed by atoms with E-state index in [0.717, 1.165) is 19.3 Å². The molecular formula is C24H43N5O5. The Morgan fingerprint density at radius 2 is 1.65 bits per heavy atom. The van der Waals surface area contributed by atoms with Gasteiger partial charge in [0.15, 0.2) is 0 Å². The molecule has 1 aliphatic heterocycles. The van der Waals surface area contributed by atoms with Gasteiger partial charge < -0.3 is 31.7 Å². The summed E-state index contributed by atoms with van der Waals surface area (Å²) in [7, 11) is 0. The van der Waals surface area contributed by atoms with Gasteiger partial charge in [0, 0.05) is 25.0 Å². The van der Waals surface area contributed by atoms with Crippen molar-refractivity contribution in [3.05, 3.63) is 0 Å². The molecule has 10 nitrogen and oxygen atoms in total. The summed E-state index contributed by atoms with van der Waals surface area (Å²) in [6.07, 6.45) is 3.04. The average Bonchev–Trinajstić information content (AvgIpc) is 3.43. The molecule has 1 saturated heterocycles. The lowest BCUT2D eigenvalue weighted by molar-refractivity contribution is -0.132. The molecule has 1 saturated carbocycles. The zero-order valence-electron chi connectivity index (χ0n) is 21.5. The number of ether oxygens (including phenoxy) is 1. The number of hydrogen-bond donors (Lipinski definition) is 5. The molecule has 1 aliphatic carbocycles. The fourth-order valence-corrected chi connectivity index (χ4v) is 4.00. The molecule has 0 unspecified atom stereocenters. The van der Waals surface area contributed by atoms with Crippen molar-refractivity contribution in [3.8, 4) is 0 Å². The molecule has 2 fully saturated rings. The quantitative estimate of drug-likeness (QED) is 0.316. The van der Waals surface area contributed by atoms with Crippen LogP contribution in [0.1, 0.15) is 73.6 Å². The summed E-state index contributed by atoms with van der Waals surface area (Å²) in [6.45, 7) is 11.6. The average molecular weight is 482 g/mol. The molecule has 0 aromatic carbocycles. The molecule has 0 spiro atoms. The topological polar surface area (TPSA) is 152 Å². The van der Waals surface area contributed by atoms with E-state index in [1.165, 1.54) is 0 Å². The molecule has 4 atom stereocenters. The van der Waals surface area contributed by atoms with Crippen molar-refractivity contribution in [2.45, 2.75) is 97.4 Å². The predicted octanol–water partition coefficient (Wildman–Crippen LogP) is 1.18. The maximum Gasteiger partial charge on any atom is 0.408 e. The van der Waals surface area contributed by atoms with Gasteiger partial charge in [0.25, 0.3) is 0 Å². The molecule has 10 heteroatoms. The van der Waals surface area contributed by atoms with Crippen LogP contribution in [0.25, 0.3) is 0 Å². The number of nitrogens with two attached hydrogens (primary N) is 1. The second kappa shape index (κ2) is 11.4. The fourth-order valence-electron chi connectivity index (χ4n) is 4.00. The van der Waals surface area contributed by atoms with Crippen LogP contribution >= 0.6 is 0 Å². The van der Waals surface area contributed by atoms with Crippen LogP contribution in [0.15, 0.2) is 0 Å². The zero-order valence-corrected chi connectivity index (χ0v) is 21.5. The Balaban J connectivity index is 2.06. The Morgan fingerprint density at radius 3 is 2.12 bits per heavy atom. The van der Waals surface area contributed by atoms with E-state index >= 15 is 0 Å². The van der Waals surface area contributed by atoms with Crippen molar-refractivity contribution < 1.29 is 23.9 Å². The molecule has 0 radical (unpaired) electrons. The molecule has 194 valence electrons. The van der Waals surface area contributed by atoms with Gasteiger partial charge in [-0.2, -0.15) is 0 Å². The van der Waals surface area contributed by atoms with E-state index in [2.05, 4.69) is 21.3 Å². The van der Waals surface area contributed by atoms with E-state index in [-0.39, 0.29) is 30.3 Å². The Morgan fingerprint density at radius 1 is 1.00 bits per heavy atom. The Labute approximate surface area is 202 Å². The van der Waals surface area contributed by atoms with Crippen molar-refractivity contribution in [3.63, 3.8) is 0 Å². The van der Waals surface area contributed by atoms with Crippen LogP contribution in [0.2, 0.25) is 0 Å². The number of carbonyl (C=O) groups excluding carboxylic acids is 4. The minimum Gasteiger partial charge on any atom is -0.444 e. The van der Waals surface area contributed by atoms with Gasteiger partial charge >= 0.3 is 6.09 Å². The molecular weight excluding hydrogens is 438 g/mol. The number of alkyl carbamates (subject to hydrolysis) is 1. The highest BCUT2D eigenvalue weighted by molar-refractivity contribution is 5.92. The number of carbonyl (C=O) groups is 4. The van der Waals surface area contributed by atoms with Gasteiger partial charge in [0.1, 0.15) is 17.7 Å². The second-order valence-corrected chi connectivity index (χ2v) is 11.6. The van der Waals surface area contributed by atoms with Gasteiger partial charge in [-0.05, 0) is 51.4 Å². The highest BCUT2D eigenvalue weighted by Gasteiger charge is 2.38. The Kier molecular flexibility index (Phi) is 9.33. The summed E-state index contributed by atoms with van der Waals surface area (Å²) in [5.41, 5.74) is 4.56. The minimum absolute atomic E-state index is 0.0169. The minimum atomic E-state index is -0.899. The second-order valence-electron chi connectivity index (χ2n) is 11.6. The molecule has 2 rings (SSSR count). The highest BCUT2D eigenvalue weighted by Crippen LogP contribution is 2.34. The van der Waals surface area contributed by atoms with Gasteiger partial charge in [-0.15, -0.1) is 0 Å². The first-order valence-electron chi connectivity index (χ1n) is 12.3. The molecule has 34 heavy (non-hydrogen) atoms. The van der Waals surface area contributed by atoms with Crippen LogP contribution in [0.5, 0.6) is 0 Å². The summed E-state index contributed by atoms with van der Waals surface area (Å²) < 4.78 is 5.32. The fraction of sp³-hybridized carbons (Fsp3) is 0.833. The van der Waals surface area contributed by atoms with Crippen molar-refractivity contribution >= 4 is 23.8 Å². The third kappa shape index (κ3) is 9.12. The molecule has 6 N–H and O–H groups in total. The molecule has 1 heterocycles. The van der Waals surface area contributed by atoms with Gasteiger partial charge in [0.2, 0.25) is 17.7 Å².